The maximum Gasteiger partial charge on any atom is 0.0406 e. The summed E-state index contributed by atoms with van der Waals surface area (Å²) in [6.07, 6.45) is 5.40. The average Bonchev–Trinajstić information content (AvgIpc) is 2.21. The number of hydrogen-bond acceptors (Lipinski definition) is 2. The van der Waals surface area contributed by atoms with Gasteiger partial charge in [0.15, 0.2) is 0 Å². The predicted octanol–water partition coefficient (Wildman–Crippen LogP) is 2.29. The number of halogens is 1. The van der Waals surface area contributed by atoms with Crippen molar-refractivity contribution in [2.24, 2.45) is 5.73 Å². The van der Waals surface area contributed by atoms with E-state index < -0.39 is 0 Å². The molecule has 0 saturated carbocycles. The molecule has 0 radical (unpaired) electrons. The van der Waals surface area contributed by atoms with Crippen molar-refractivity contribution in [3.05, 3.63) is 47.3 Å². The molecule has 0 fully saturated rings. The Morgan fingerprint density at radius 1 is 1.29 bits per heavy atom. The summed E-state index contributed by atoms with van der Waals surface area (Å²) in [5.41, 5.74) is 6.49. The molecule has 1 aromatic carbocycles. The Balaban J connectivity index is 2.21. The van der Waals surface area contributed by atoms with E-state index in [-0.39, 0.29) is 0 Å². The van der Waals surface area contributed by atoms with Gasteiger partial charge < -0.3 is 11.1 Å². The maximum atomic E-state index is 5.78. The van der Waals surface area contributed by atoms with Crippen molar-refractivity contribution in [3.8, 4) is 0 Å². The van der Waals surface area contributed by atoms with Crippen LogP contribution in [-0.4, -0.2) is 6.54 Å². The third kappa shape index (κ3) is 4.19. The van der Waals surface area contributed by atoms with Crippen LogP contribution in [0.4, 0.5) is 0 Å². The molecule has 0 amide bonds. The first-order valence-electron chi connectivity index (χ1n) is 4.67. The second-order valence-electron chi connectivity index (χ2n) is 3.04. The molecular weight excluding hydrogens is 196 g/mol. The number of aryl methyl sites for hydroxylation is 1. The molecule has 76 valence electrons. The van der Waals surface area contributed by atoms with Crippen LogP contribution in [0.2, 0.25) is 5.02 Å². The average molecular weight is 211 g/mol. The summed E-state index contributed by atoms with van der Waals surface area (Å²) in [7, 11) is 0. The van der Waals surface area contributed by atoms with Gasteiger partial charge in [0.1, 0.15) is 0 Å². The highest BCUT2D eigenvalue weighted by Gasteiger charge is 1.92. The molecule has 0 aliphatic rings. The first-order chi connectivity index (χ1) is 6.83. The van der Waals surface area contributed by atoms with Crippen molar-refractivity contribution in [1.82, 2.24) is 5.32 Å². The van der Waals surface area contributed by atoms with Gasteiger partial charge in [-0.1, -0.05) is 23.7 Å². The smallest absolute Gasteiger partial charge is 0.0406 e. The fourth-order valence-electron chi connectivity index (χ4n) is 1.20. The van der Waals surface area contributed by atoms with E-state index in [1.807, 2.05) is 12.1 Å². The highest BCUT2D eigenvalue weighted by molar-refractivity contribution is 6.30. The number of nitrogens with one attached hydrogen (secondary N) is 1. The second-order valence-corrected chi connectivity index (χ2v) is 3.48. The Labute approximate surface area is 89.8 Å². The molecule has 3 heteroatoms. The molecule has 0 aliphatic heterocycles. The van der Waals surface area contributed by atoms with Crippen molar-refractivity contribution >= 4 is 11.6 Å². The minimum atomic E-state index is 0.790. The fraction of sp³-hybridized carbons (Fsp3) is 0.273. The summed E-state index contributed by atoms with van der Waals surface area (Å²) in [4.78, 5) is 0. The van der Waals surface area contributed by atoms with Crippen LogP contribution in [0.15, 0.2) is 36.7 Å². The standard InChI is InChI=1S/C11H15ClN2/c12-11-5-3-10(4-6-11)2-1-8-14-9-7-13/h3-7,9,14H,1-2,8,13H2/b9-7-. The zero-order valence-electron chi connectivity index (χ0n) is 8.04. The first-order valence-corrected chi connectivity index (χ1v) is 5.05. The Bertz CT molecular complexity index is 280. The molecule has 0 heterocycles. The Hall–Kier alpha value is -1.15. The molecule has 0 aromatic heterocycles. The van der Waals surface area contributed by atoms with Gasteiger partial charge in [-0.2, -0.15) is 0 Å². The minimum absolute atomic E-state index is 0.790. The highest BCUT2D eigenvalue weighted by Crippen LogP contribution is 2.10. The van der Waals surface area contributed by atoms with Crippen LogP contribution in [0.1, 0.15) is 12.0 Å². The lowest BCUT2D eigenvalue weighted by Crippen LogP contribution is -2.08. The SMILES string of the molecule is N/C=C\NCCCc1ccc(Cl)cc1. The summed E-state index contributed by atoms with van der Waals surface area (Å²) in [6.45, 7) is 0.941. The summed E-state index contributed by atoms with van der Waals surface area (Å²) in [6, 6.07) is 7.95. The van der Waals surface area contributed by atoms with Crippen molar-refractivity contribution < 1.29 is 0 Å². The molecule has 0 bridgehead atoms. The van der Waals surface area contributed by atoms with Gasteiger partial charge in [-0.25, -0.2) is 0 Å². The van der Waals surface area contributed by atoms with E-state index in [0.717, 1.165) is 24.4 Å². The van der Waals surface area contributed by atoms with E-state index in [1.54, 1.807) is 6.20 Å². The molecular formula is C11H15ClN2. The van der Waals surface area contributed by atoms with Crippen molar-refractivity contribution in [2.45, 2.75) is 12.8 Å². The number of rotatable bonds is 5. The zero-order valence-corrected chi connectivity index (χ0v) is 8.80. The Morgan fingerprint density at radius 2 is 2.00 bits per heavy atom. The molecule has 1 rings (SSSR count). The van der Waals surface area contributed by atoms with Gasteiger partial charge in [0.05, 0.1) is 0 Å². The van der Waals surface area contributed by atoms with Crippen molar-refractivity contribution in [2.75, 3.05) is 6.54 Å². The van der Waals surface area contributed by atoms with Gasteiger partial charge in [-0.3, -0.25) is 0 Å². The molecule has 0 unspecified atom stereocenters. The molecule has 0 atom stereocenters. The maximum absolute atomic E-state index is 5.78. The summed E-state index contributed by atoms with van der Waals surface area (Å²) in [5.74, 6) is 0. The van der Waals surface area contributed by atoms with Gasteiger partial charge >= 0.3 is 0 Å². The van der Waals surface area contributed by atoms with Gasteiger partial charge in [-0.05, 0) is 30.5 Å². The van der Waals surface area contributed by atoms with E-state index in [2.05, 4.69) is 17.4 Å². The predicted molar refractivity (Wildman–Crippen MR) is 61.1 cm³/mol. The normalized spacial score (nSPS) is 10.6. The number of hydrogen-bond donors (Lipinski definition) is 2. The van der Waals surface area contributed by atoms with E-state index in [0.29, 0.717) is 0 Å². The lowest BCUT2D eigenvalue weighted by molar-refractivity contribution is 0.751. The largest absolute Gasteiger partial charge is 0.403 e. The summed E-state index contributed by atoms with van der Waals surface area (Å²) < 4.78 is 0. The third-order valence-corrected chi connectivity index (χ3v) is 2.17. The number of benzene rings is 1. The van der Waals surface area contributed by atoms with Crippen LogP contribution in [0.25, 0.3) is 0 Å². The zero-order chi connectivity index (χ0) is 10.2. The lowest BCUT2D eigenvalue weighted by Gasteiger charge is -2.01. The molecule has 3 N–H and O–H groups in total. The topological polar surface area (TPSA) is 38.0 Å². The van der Waals surface area contributed by atoms with E-state index >= 15 is 0 Å². The van der Waals surface area contributed by atoms with Crippen molar-refractivity contribution in [3.63, 3.8) is 0 Å². The summed E-state index contributed by atoms with van der Waals surface area (Å²) in [5, 5.41) is 3.87. The van der Waals surface area contributed by atoms with Gasteiger partial charge in [-0.15, -0.1) is 0 Å². The van der Waals surface area contributed by atoms with E-state index in [4.69, 9.17) is 17.3 Å². The lowest BCUT2D eigenvalue weighted by atomic mass is 10.1. The quantitative estimate of drug-likeness (QED) is 0.732. The van der Waals surface area contributed by atoms with Crippen LogP contribution < -0.4 is 11.1 Å². The van der Waals surface area contributed by atoms with E-state index in [1.165, 1.54) is 11.8 Å². The van der Waals surface area contributed by atoms with Crippen LogP contribution in [-0.2, 0) is 6.42 Å². The molecule has 0 saturated heterocycles. The minimum Gasteiger partial charge on any atom is -0.403 e. The Morgan fingerprint density at radius 3 is 2.64 bits per heavy atom. The molecule has 0 spiro atoms. The summed E-state index contributed by atoms with van der Waals surface area (Å²) >= 11 is 5.78. The molecule has 1 aromatic rings. The molecule has 2 nitrogen and oxygen atoms in total. The number of nitrogens with two attached hydrogens (primary N) is 1. The van der Waals surface area contributed by atoms with Gasteiger partial charge in [0, 0.05) is 24.0 Å². The van der Waals surface area contributed by atoms with Crippen molar-refractivity contribution in [1.29, 1.82) is 0 Å². The van der Waals surface area contributed by atoms with Crippen LogP contribution in [0.3, 0.4) is 0 Å². The second kappa shape index (κ2) is 6.33. The van der Waals surface area contributed by atoms with Crippen LogP contribution >= 0.6 is 11.6 Å². The monoisotopic (exact) mass is 210 g/mol. The first kappa shape index (κ1) is 10.9. The van der Waals surface area contributed by atoms with Gasteiger partial charge in [0.25, 0.3) is 0 Å². The fourth-order valence-corrected chi connectivity index (χ4v) is 1.32. The van der Waals surface area contributed by atoms with Crippen LogP contribution in [0, 0.1) is 0 Å². The van der Waals surface area contributed by atoms with Gasteiger partial charge in [0.2, 0.25) is 0 Å². The Kier molecular flexibility index (Phi) is 4.94. The highest BCUT2D eigenvalue weighted by atomic mass is 35.5. The molecule has 14 heavy (non-hydrogen) atoms. The van der Waals surface area contributed by atoms with Crippen LogP contribution in [0.5, 0.6) is 0 Å². The van der Waals surface area contributed by atoms with E-state index in [9.17, 15) is 0 Å². The third-order valence-electron chi connectivity index (χ3n) is 1.91. The molecule has 0 aliphatic carbocycles.